The molecule has 1 aromatic carbocycles. The fourth-order valence-electron chi connectivity index (χ4n) is 4.89. The Labute approximate surface area is 183 Å². The van der Waals surface area contributed by atoms with Crippen molar-refractivity contribution in [3.63, 3.8) is 0 Å². The third-order valence-corrected chi connectivity index (χ3v) is 6.73. The Balaban J connectivity index is 1.69. The molecule has 2 aliphatic rings. The average molecular weight is 449 g/mol. The first-order chi connectivity index (χ1) is 15.1. The second-order valence-electron chi connectivity index (χ2n) is 8.76. The Kier molecular flexibility index (Phi) is 5.98. The number of carbonyl (C=O) groups is 2. The monoisotopic (exact) mass is 449 g/mol. The molecule has 2 N–H and O–H groups in total. The number of hydrogen-bond donors (Lipinski definition) is 2. The smallest absolute Gasteiger partial charge is 0.385 e. The van der Waals surface area contributed by atoms with Crippen LogP contribution < -0.4 is 5.32 Å². The number of fused-ring (bicyclic) bond motifs is 1. The van der Waals surface area contributed by atoms with Gasteiger partial charge in [-0.25, -0.2) is 0 Å². The van der Waals surface area contributed by atoms with E-state index in [1.54, 1.807) is 30.5 Å². The molecule has 3 heterocycles. The molecule has 172 valence electrons. The van der Waals surface area contributed by atoms with Crippen molar-refractivity contribution < 1.29 is 27.9 Å². The minimum absolute atomic E-state index is 0.166. The van der Waals surface area contributed by atoms with Crippen LogP contribution in [0, 0.1) is 5.92 Å². The molecular weight excluding hydrogens is 423 g/mol. The molecule has 2 aliphatic heterocycles. The maximum Gasteiger partial charge on any atom is 0.389 e. The number of aliphatic hydroxyl groups is 1. The quantitative estimate of drug-likeness (QED) is 0.701. The SMILES string of the molecule is CCN1CC[C@](O)(c2ccc3ncc(C4CCC(=O)NC4=O)cc3c2)[C@H](CC(F)(F)F)C1. The fourth-order valence-corrected chi connectivity index (χ4v) is 4.89. The van der Waals surface area contributed by atoms with E-state index in [4.69, 9.17) is 0 Å². The number of nitrogens with one attached hydrogen (secondary N) is 1. The summed E-state index contributed by atoms with van der Waals surface area (Å²) in [7, 11) is 0. The first kappa shape index (κ1) is 22.7. The lowest BCUT2D eigenvalue weighted by atomic mass is 9.74. The van der Waals surface area contributed by atoms with E-state index in [1.807, 2.05) is 11.8 Å². The molecule has 2 saturated heterocycles. The van der Waals surface area contributed by atoms with Gasteiger partial charge in [0.1, 0.15) is 0 Å². The first-order valence-corrected chi connectivity index (χ1v) is 10.8. The summed E-state index contributed by atoms with van der Waals surface area (Å²) < 4.78 is 39.9. The molecule has 3 atom stereocenters. The van der Waals surface area contributed by atoms with E-state index < -0.39 is 30.0 Å². The Morgan fingerprint density at radius 3 is 2.75 bits per heavy atom. The van der Waals surface area contributed by atoms with Crippen LogP contribution in [0.4, 0.5) is 13.2 Å². The van der Waals surface area contributed by atoms with Crippen LogP contribution in [0.1, 0.15) is 49.7 Å². The predicted octanol–water partition coefficient (Wildman–Crippen LogP) is 3.24. The highest BCUT2D eigenvalue weighted by Gasteiger charge is 2.47. The van der Waals surface area contributed by atoms with Gasteiger partial charge < -0.3 is 10.0 Å². The minimum Gasteiger partial charge on any atom is -0.385 e. The Morgan fingerprint density at radius 2 is 2.06 bits per heavy atom. The van der Waals surface area contributed by atoms with Crippen molar-refractivity contribution in [2.75, 3.05) is 19.6 Å². The minimum atomic E-state index is -4.38. The third kappa shape index (κ3) is 4.49. The molecule has 32 heavy (non-hydrogen) atoms. The number of hydrogen-bond acceptors (Lipinski definition) is 5. The van der Waals surface area contributed by atoms with Crippen LogP contribution in [0.5, 0.6) is 0 Å². The van der Waals surface area contributed by atoms with Crippen molar-refractivity contribution >= 4 is 22.7 Å². The summed E-state index contributed by atoms with van der Waals surface area (Å²) in [6.07, 6.45) is -3.04. The van der Waals surface area contributed by atoms with E-state index in [2.05, 4.69) is 10.3 Å². The highest BCUT2D eigenvalue weighted by atomic mass is 19.4. The fraction of sp³-hybridized carbons (Fsp3) is 0.522. The van der Waals surface area contributed by atoms with Crippen molar-refractivity contribution in [1.29, 1.82) is 0 Å². The summed E-state index contributed by atoms with van der Waals surface area (Å²) >= 11 is 0. The lowest BCUT2D eigenvalue weighted by Crippen LogP contribution is -2.51. The van der Waals surface area contributed by atoms with Crippen LogP contribution in [-0.2, 0) is 15.2 Å². The third-order valence-electron chi connectivity index (χ3n) is 6.73. The van der Waals surface area contributed by atoms with E-state index in [9.17, 15) is 27.9 Å². The average Bonchev–Trinajstić information content (AvgIpc) is 2.73. The van der Waals surface area contributed by atoms with Gasteiger partial charge in [-0.3, -0.25) is 19.9 Å². The number of pyridine rings is 1. The van der Waals surface area contributed by atoms with Gasteiger partial charge in [0.2, 0.25) is 11.8 Å². The predicted molar refractivity (Wildman–Crippen MR) is 112 cm³/mol. The molecule has 1 unspecified atom stereocenters. The molecule has 2 aromatic rings. The second-order valence-corrected chi connectivity index (χ2v) is 8.76. The molecule has 9 heteroatoms. The normalized spacial score (nSPS) is 27.5. The summed E-state index contributed by atoms with van der Waals surface area (Å²) in [6.45, 7) is 3.20. The topological polar surface area (TPSA) is 82.5 Å². The van der Waals surface area contributed by atoms with Gasteiger partial charge in [0.25, 0.3) is 0 Å². The summed E-state index contributed by atoms with van der Waals surface area (Å²) in [5.41, 5.74) is 0.0725. The largest absolute Gasteiger partial charge is 0.389 e. The van der Waals surface area contributed by atoms with Crippen molar-refractivity contribution in [2.45, 2.75) is 50.3 Å². The number of amides is 2. The zero-order valence-electron chi connectivity index (χ0n) is 17.8. The van der Waals surface area contributed by atoms with Gasteiger partial charge in [0.15, 0.2) is 0 Å². The van der Waals surface area contributed by atoms with Crippen molar-refractivity contribution in [2.24, 2.45) is 5.92 Å². The van der Waals surface area contributed by atoms with Gasteiger partial charge in [-0.1, -0.05) is 13.0 Å². The molecular formula is C23H26F3N3O3. The first-order valence-electron chi connectivity index (χ1n) is 10.8. The van der Waals surface area contributed by atoms with Crippen molar-refractivity contribution in [3.05, 3.63) is 41.6 Å². The Morgan fingerprint density at radius 1 is 1.28 bits per heavy atom. The van der Waals surface area contributed by atoms with Gasteiger partial charge in [-0.05, 0) is 48.7 Å². The highest BCUT2D eigenvalue weighted by Crippen LogP contribution is 2.43. The number of benzene rings is 1. The molecule has 2 amide bonds. The molecule has 0 radical (unpaired) electrons. The molecule has 6 nitrogen and oxygen atoms in total. The zero-order chi connectivity index (χ0) is 23.1. The number of likely N-dealkylation sites (tertiary alicyclic amines) is 1. The number of piperidine rings is 2. The van der Waals surface area contributed by atoms with Crippen molar-refractivity contribution in [1.82, 2.24) is 15.2 Å². The summed E-state index contributed by atoms with van der Waals surface area (Å²) in [4.78, 5) is 30.0. The van der Waals surface area contributed by atoms with Crippen LogP contribution in [0.15, 0.2) is 30.5 Å². The summed E-state index contributed by atoms with van der Waals surface area (Å²) in [5, 5.41) is 14.4. The number of rotatable bonds is 4. The van der Waals surface area contributed by atoms with E-state index in [-0.39, 0.29) is 31.2 Å². The standard InChI is InChI=1S/C23H26F3N3O3/c1-2-29-8-7-22(32,17(13-29)11-23(24,25)26)16-3-5-19-14(10-16)9-15(12-27-19)18-4-6-20(30)28-21(18)31/h3,5,9-10,12,17-18,32H,2,4,6-8,11,13H2,1H3,(H,28,30,31)/t17-,18?,22+/m1/s1. The number of imide groups is 1. The maximum absolute atomic E-state index is 13.3. The number of carbonyl (C=O) groups excluding carboxylic acids is 2. The lowest BCUT2D eigenvalue weighted by Gasteiger charge is -2.45. The molecule has 0 aliphatic carbocycles. The molecule has 0 saturated carbocycles. The number of nitrogens with zero attached hydrogens (tertiary/aromatic N) is 2. The summed E-state index contributed by atoms with van der Waals surface area (Å²) in [6, 6.07) is 6.79. The molecule has 1 aromatic heterocycles. The van der Waals surface area contributed by atoms with E-state index >= 15 is 0 Å². The van der Waals surface area contributed by atoms with E-state index in [0.29, 0.717) is 41.5 Å². The Hall–Kier alpha value is -2.52. The van der Waals surface area contributed by atoms with Gasteiger partial charge in [-0.2, -0.15) is 13.2 Å². The number of halogens is 3. The molecule has 4 rings (SSSR count). The van der Waals surface area contributed by atoms with Crippen molar-refractivity contribution in [3.8, 4) is 0 Å². The molecule has 0 bridgehead atoms. The van der Waals surface area contributed by atoms with Gasteiger partial charge in [0, 0.05) is 37.0 Å². The van der Waals surface area contributed by atoms with Gasteiger partial charge >= 0.3 is 6.18 Å². The second kappa shape index (κ2) is 8.44. The van der Waals surface area contributed by atoms with E-state index in [1.165, 1.54) is 0 Å². The maximum atomic E-state index is 13.3. The van der Waals surface area contributed by atoms with Crippen LogP contribution in [0.2, 0.25) is 0 Å². The van der Waals surface area contributed by atoms with Crippen LogP contribution in [-0.4, -0.2) is 52.6 Å². The number of alkyl halides is 3. The zero-order valence-corrected chi connectivity index (χ0v) is 17.8. The van der Waals surface area contributed by atoms with Crippen LogP contribution in [0.25, 0.3) is 10.9 Å². The van der Waals surface area contributed by atoms with Gasteiger partial charge in [0.05, 0.1) is 23.5 Å². The summed E-state index contributed by atoms with van der Waals surface area (Å²) in [5.74, 6) is -2.19. The van der Waals surface area contributed by atoms with Gasteiger partial charge in [-0.15, -0.1) is 0 Å². The Bertz CT molecular complexity index is 1040. The molecule has 2 fully saturated rings. The highest BCUT2D eigenvalue weighted by molar-refractivity contribution is 6.01. The van der Waals surface area contributed by atoms with Crippen LogP contribution >= 0.6 is 0 Å². The molecule has 0 spiro atoms. The van der Waals surface area contributed by atoms with Crippen LogP contribution in [0.3, 0.4) is 0 Å². The lowest BCUT2D eigenvalue weighted by molar-refractivity contribution is -0.179. The van der Waals surface area contributed by atoms with E-state index in [0.717, 1.165) is 0 Å². The number of aromatic nitrogens is 1.